The van der Waals surface area contributed by atoms with Crippen molar-refractivity contribution < 1.29 is 44.5 Å². The van der Waals surface area contributed by atoms with Crippen molar-refractivity contribution in [3.05, 3.63) is 11.1 Å². The molecule has 0 spiro atoms. The van der Waals surface area contributed by atoms with Crippen LogP contribution in [-0.2, 0) is 19.0 Å². The van der Waals surface area contributed by atoms with Crippen LogP contribution in [0.2, 0.25) is 0 Å². The van der Waals surface area contributed by atoms with Crippen LogP contribution in [0.5, 0.6) is 0 Å². The fourth-order valence-corrected chi connectivity index (χ4v) is 5.63. The van der Waals surface area contributed by atoms with Crippen molar-refractivity contribution >= 4 is 5.97 Å². The predicted molar refractivity (Wildman–Crippen MR) is 102 cm³/mol. The fraction of sp³-hybridized carbons (Fsp3) is 0.857. The van der Waals surface area contributed by atoms with Gasteiger partial charge in [-0.2, -0.15) is 0 Å². The molecule has 5 N–H and O–H groups in total. The highest BCUT2D eigenvalue weighted by atomic mass is 16.7. The van der Waals surface area contributed by atoms with E-state index >= 15 is 0 Å². The summed E-state index contributed by atoms with van der Waals surface area (Å²) in [5.74, 6) is -1.02. The molecule has 9 heteroatoms. The first-order valence-corrected chi connectivity index (χ1v) is 10.6. The molecule has 6 unspecified atom stereocenters. The number of hydrogen-bond acceptors (Lipinski definition) is 9. The third-order valence-electron chi connectivity index (χ3n) is 7.79. The molecule has 0 bridgehead atoms. The number of rotatable bonds is 3. The Balaban J connectivity index is 1.62. The summed E-state index contributed by atoms with van der Waals surface area (Å²) in [6, 6.07) is 0. The van der Waals surface area contributed by atoms with Crippen LogP contribution < -0.4 is 0 Å². The Kier molecular flexibility index (Phi) is 5.54. The first-order valence-electron chi connectivity index (χ1n) is 10.6. The third kappa shape index (κ3) is 3.14. The molecule has 1 saturated carbocycles. The van der Waals surface area contributed by atoms with Gasteiger partial charge in [0.2, 0.25) is 0 Å². The Bertz CT molecular complexity index is 736. The number of carbonyl (C=O) groups excluding carboxylic acids is 1. The highest BCUT2D eigenvalue weighted by Crippen LogP contribution is 2.57. The summed E-state index contributed by atoms with van der Waals surface area (Å²) in [5.41, 5.74) is 0.180. The zero-order chi connectivity index (χ0) is 22.0. The Labute approximate surface area is 175 Å². The molecule has 2 heterocycles. The van der Waals surface area contributed by atoms with Gasteiger partial charge in [0.25, 0.3) is 0 Å². The van der Waals surface area contributed by atoms with E-state index in [4.69, 9.17) is 14.2 Å². The number of carbonyl (C=O) groups is 1. The number of aliphatic hydroxyl groups excluding tert-OH is 4. The lowest BCUT2D eigenvalue weighted by molar-refractivity contribution is -0.309. The van der Waals surface area contributed by atoms with Crippen molar-refractivity contribution in [2.45, 2.75) is 95.0 Å². The maximum Gasteiger partial charge on any atom is 0.312 e. The van der Waals surface area contributed by atoms with E-state index in [2.05, 4.69) is 6.92 Å². The van der Waals surface area contributed by atoms with Gasteiger partial charge in [-0.1, -0.05) is 6.92 Å². The number of aliphatic hydroxyl groups is 5. The van der Waals surface area contributed by atoms with Gasteiger partial charge >= 0.3 is 5.97 Å². The van der Waals surface area contributed by atoms with Gasteiger partial charge in [-0.3, -0.25) is 4.79 Å². The molecule has 2 aliphatic heterocycles. The molecule has 3 fully saturated rings. The molecule has 9 nitrogen and oxygen atoms in total. The lowest BCUT2D eigenvalue weighted by Gasteiger charge is -2.51. The van der Waals surface area contributed by atoms with E-state index in [1.807, 2.05) is 6.92 Å². The van der Waals surface area contributed by atoms with Gasteiger partial charge < -0.3 is 39.7 Å². The summed E-state index contributed by atoms with van der Waals surface area (Å²) in [5, 5.41) is 50.9. The summed E-state index contributed by atoms with van der Waals surface area (Å²) in [6.07, 6.45) is -5.41. The SMILES string of the molecule is CC1=C2C3OC(=O)[C@@H](C)C3(O)CC[C@@]2(C)CC[C@H]1O[C@H]1OC(CO)C(O)C(O)C1O. The number of ether oxygens (including phenoxy) is 3. The molecule has 170 valence electrons. The molecule has 0 aromatic carbocycles. The average Bonchev–Trinajstić information content (AvgIpc) is 2.94. The van der Waals surface area contributed by atoms with Crippen molar-refractivity contribution in [2.24, 2.45) is 11.3 Å². The van der Waals surface area contributed by atoms with Crippen LogP contribution in [0.1, 0.15) is 46.5 Å². The van der Waals surface area contributed by atoms with Gasteiger partial charge in [-0.05, 0) is 56.1 Å². The Hall–Kier alpha value is -1.07. The van der Waals surface area contributed by atoms with Gasteiger partial charge in [0.05, 0.1) is 18.6 Å². The van der Waals surface area contributed by atoms with E-state index in [0.29, 0.717) is 12.8 Å². The first-order chi connectivity index (χ1) is 14.0. The third-order valence-corrected chi connectivity index (χ3v) is 7.79. The predicted octanol–water partition coefficient (Wildman–Crippen LogP) is -0.625. The van der Waals surface area contributed by atoms with Crippen LogP contribution in [0.25, 0.3) is 0 Å². The molecule has 4 aliphatic rings. The Morgan fingerprint density at radius 2 is 1.83 bits per heavy atom. The first kappa shape index (κ1) is 22.1. The zero-order valence-corrected chi connectivity index (χ0v) is 17.5. The van der Waals surface area contributed by atoms with Crippen LogP contribution in [-0.4, -0.2) is 86.6 Å². The summed E-state index contributed by atoms with van der Waals surface area (Å²) >= 11 is 0. The average molecular weight is 428 g/mol. The minimum absolute atomic E-state index is 0.236. The summed E-state index contributed by atoms with van der Waals surface area (Å²) in [7, 11) is 0. The standard InChI is InChI=1S/C21H32O9/c1-9-11(28-19-16(25)15(24)14(23)12(8-22)29-19)4-5-20(3)6-7-21(27)10(2)18(26)30-17(21)13(9)20/h10-12,14-17,19,22-25,27H,4-8H2,1-3H3/t10-,11-,12?,14?,15?,16?,17?,19+,20-,21?/m1/s1. The van der Waals surface area contributed by atoms with Gasteiger partial charge in [0.1, 0.15) is 30.0 Å². The van der Waals surface area contributed by atoms with Gasteiger partial charge in [0.15, 0.2) is 12.4 Å². The second-order valence-corrected chi connectivity index (χ2v) is 9.55. The molecular formula is C21H32O9. The second-order valence-electron chi connectivity index (χ2n) is 9.55. The summed E-state index contributed by atoms with van der Waals surface area (Å²) in [4.78, 5) is 12.2. The van der Waals surface area contributed by atoms with Gasteiger partial charge in [-0.25, -0.2) is 0 Å². The molecule has 0 aromatic heterocycles. The van der Waals surface area contributed by atoms with Crippen LogP contribution >= 0.6 is 0 Å². The maximum atomic E-state index is 12.2. The Morgan fingerprint density at radius 3 is 2.50 bits per heavy atom. The second kappa shape index (κ2) is 7.51. The molecular weight excluding hydrogens is 396 g/mol. The van der Waals surface area contributed by atoms with E-state index in [0.717, 1.165) is 24.0 Å². The highest BCUT2D eigenvalue weighted by Gasteiger charge is 2.62. The van der Waals surface area contributed by atoms with Crippen LogP contribution in [0, 0.1) is 11.3 Å². The molecule has 4 rings (SSSR count). The van der Waals surface area contributed by atoms with Gasteiger partial charge in [0, 0.05) is 0 Å². The van der Waals surface area contributed by atoms with E-state index < -0.39 is 67.0 Å². The van der Waals surface area contributed by atoms with Crippen LogP contribution in [0.3, 0.4) is 0 Å². The molecule has 2 aliphatic carbocycles. The van der Waals surface area contributed by atoms with Crippen molar-refractivity contribution in [3.8, 4) is 0 Å². The quantitative estimate of drug-likeness (QED) is 0.293. The van der Waals surface area contributed by atoms with E-state index in [1.54, 1.807) is 6.92 Å². The van der Waals surface area contributed by atoms with Crippen molar-refractivity contribution in [3.63, 3.8) is 0 Å². The molecule has 0 radical (unpaired) electrons. The number of esters is 1. The van der Waals surface area contributed by atoms with E-state index in [1.165, 1.54) is 0 Å². The largest absolute Gasteiger partial charge is 0.454 e. The van der Waals surface area contributed by atoms with E-state index in [-0.39, 0.29) is 5.41 Å². The lowest BCUT2D eigenvalue weighted by atomic mass is 9.57. The van der Waals surface area contributed by atoms with Crippen molar-refractivity contribution in [2.75, 3.05) is 6.61 Å². The van der Waals surface area contributed by atoms with Crippen LogP contribution in [0.4, 0.5) is 0 Å². The summed E-state index contributed by atoms with van der Waals surface area (Å²) in [6.45, 7) is 5.12. The fourth-order valence-electron chi connectivity index (χ4n) is 5.63. The number of fused-ring (bicyclic) bond motifs is 3. The smallest absolute Gasteiger partial charge is 0.312 e. The van der Waals surface area contributed by atoms with Crippen molar-refractivity contribution in [1.29, 1.82) is 0 Å². The molecule has 2 saturated heterocycles. The highest BCUT2D eigenvalue weighted by molar-refractivity contribution is 5.77. The molecule has 0 aromatic rings. The monoisotopic (exact) mass is 428 g/mol. The lowest BCUT2D eigenvalue weighted by Crippen LogP contribution is -2.60. The van der Waals surface area contributed by atoms with Crippen LogP contribution in [0.15, 0.2) is 11.1 Å². The maximum absolute atomic E-state index is 12.2. The topological polar surface area (TPSA) is 146 Å². The number of hydrogen-bond donors (Lipinski definition) is 5. The van der Waals surface area contributed by atoms with Gasteiger partial charge in [-0.15, -0.1) is 0 Å². The minimum atomic E-state index is -1.51. The molecule has 30 heavy (non-hydrogen) atoms. The molecule has 10 atom stereocenters. The summed E-state index contributed by atoms with van der Waals surface area (Å²) < 4.78 is 17.1. The normalized spacial score (nSPS) is 51.4. The minimum Gasteiger partial charge on any atom is -0.454 e. The zero-order valence-electron chi connectivity index (χ0n) is 17.5. The molecule has 0 amide bonds. The van der Waals surface area contributed by atoms with Crippen molar-refractivity contribution in [1.82, 2.24) is 0 Å². The van der Waals surface area contributed by atoms with E-state index in [9.17, 15) is 30.3 Å². The Morgan fingerprint density at radius 1 is 1.13 bits per heavy atom.